The zero-order valence-corrected chi connectivity index (χ0v) is 12.3. The van der Waals surface area contributed by atoms with Crippen molar-refractivity contribution >= 4 is 0 Å². The lowest BCUT2D eigenvalue weighted by Gasteiger charge is -2.32. The maximum absolute atomic E-state index is 6.09. The van der Waals surface area contributed by atoms with E-state index in [0.717, 1.165) is 26.1 Å². The van der Waals surface area contributed by atoms with E-state index in [4.69, 9.17) is 4.74 Å². The molecule has 4 rings (SSSR count). The van der Waals surface area contributed by atoms with Crippen LogP contribution in [-0.2, 0) is 18.3 Å². The average Bonchev–Trinajstić information content (AvgIpc) is 3.20. The minimum Gasteiger partial charge on any atom is -0.374 e. The molecule has 0 unspecified atom stereocenters. The Balaban J connectivity index is 1.56. The van der Waals surface area contributed by atoms with Crippen molar-refractivity contribution in [1.82, 2.24) is 24.5 Å². The molecule has 6 heteroatoms. The molecular formula is C15H21N5O. The summed E-state index contributed by atoms with van der Waals surface area (Å²) in [5.41, 5.74) is 1.27. The number of aromatic nitrogens is 4. The van der Waals surface area contributed by atoms with Crippen LogP contribution in [0, 0.1) is 0 Å². The Labute approximate surface area is 124 Å². The van der Waals surface area contributed by atoms with Crippen LogP contribution < -0.4 is 0 Å². The van der Waals surface area contributed by atoms with E-state index in [1.807, 2.05) is 36.4 Å². The van der Waals surface area contributed by atoms with E-state index in [-0.39, 0.29) is 6.10 Å². The summed E-state index contributed by atoms with van der Waals surface area (Å²) in [7, 11) is 1.96. The van der Waals surface area contributed by atoms with Gasteiger partial charge in [0.15, 0.2) is 0 Å². The van der Waals surface area contributed by atoms with E-state index < -0.39 is 0 Å². The van der Waals surface area contributed by atoms with Crippen molar-refractivity contribution in [2.75, 3.05) is 13.2 Å². The van der Waals surface area contributed by atoms with Gasteiger partial charge in [-0.15, -0.1) is 0 Å². The molecule has 0 saturated carbocycles. The lowest BCUT2D eigenvalue weighted by Crippen LogP contribution is -2.40. The van der Waals surface area contributed by atoms with Gasteiger partial charge in [-0.1, -0.05) is 0 Å². The van der Waals surface area contributed by atoms with E-state index in [0.29, 0.717) is 12.1 Å². The standard InChI is InChI=1S/C15H21N5O/c1-18-9-12(8-17-18)10-19-11-14(20-6-3-5-16-20)15-13(19)4-2-7-21-15/h3,5-6,8-9,13-15H,2,4,7,10-11H2,1H3/t13-,14-,15+/m0/s1. The number of fused-ring (bicyclic) bond motifs is 1. The summed E-state index contributed by atoms with van der Waals surface area (Å²) in [6.07, 6.45) is 10.6. The van der Waals surface area contributed by atoms with Crippen LogP contribution in [0.3, 0.4) is 0 Å². The predicted molar refractivity (Wildman–Crippen MR) is 77.6 cm³/mol. The van der Waals surface area contributed by atoms with Gasteiger partial charge in [0.1, 0.15) is 0 Å². The summed E-state index contributed by atoms with van der Waals surface area (Å²) in [5.74, 6) is 0. The number of rotatable bonds is 3. The van der Waals surface area contributed by atoms with Crippen LogP contribution in [0.1, 0.15) is 24.4 Å². The monoisotopic (exact) mass is 287 g/mol. The van der Waals surface area contributed by atoms with Gasteiger partial charge in [0.25, 0.3) is 0 Å². The molecule has 2 aliphatic rings. The highest BCUT2D eigenvalue weighted by atomic mass is 16.5. The van der Waals surface area contributed by atoms with Crippen molar-refractivity contribution in [1.29, 1.82) is 0 Å². The van der Waals surface area contributed by atoms with Gasteiger partial charge in [-0.25, -0.2) is 0 Å². The average molecular weight is 287 g/mol. The van der Waals surface area contributed by atoms with Crippen molar-refractivity contribution in [2.45, 2.75) is 37.6 Å². The third kappa shape index (κ3) is 2.38. The molecule has 0 amide bonds. The summed E-state index contributed by atoms with van der Waals surface area (Å²) >= 11 is 0. The van der Waals surface area contributed by atoms with Gasteiger partial charge in [0.05, 0.1) is 18.3 Å². The summed E-state index contributed by atoms with van der Waals surface area (Å²) in [6, 6.07) is 2.80. The minimum absolute atomic E-state index is 0.260. The van der Waals surface area contributed by atoms with Crippen LogP contribution in [0.2, 0.25) is 0 Å². The first-order valence-corrected chi connectivity index (χ1v) is 7.63. The molecule has 0 aromatic carbocycles. The van der Waals surface area contributed by atoms with Crippen molar-refractivity contribution in [3.63, 3.8) is 0 Å². The normalized spacial score (nSPS) is 29.7. The predicted octanol–water partition coefficient (Wildman–Crippen LogP) is 1.22. The molecule has 3 atom stereocenters. The lowest BCUT2D eigenvalue weighted by atomic mass is 10.0. The second-order valence-corrected chi connectivity index (χ2v) is 6.05. The Hall–Kier alpha value is -1.66. The Kier molecular flexibility index (Phi) is 3.27. The number of hydrogen-bond donors (Lipinski definition) is 0. The Morgan fingerprint density at radius 1 is 1.33 bits per heavy atom. The summed E-state index contributed by atoms with van der Waals surface area (Å²) in [5, 5.41) is 8.70. The quantitative estimate of drug-likeness (QED) is 0.851. The number of ether oxygens (including phenoxy) is 1. The second kappa shape index (κ2) is 5.27. The fourth-order valence-corrected chi connectivity index (χ4v) is 3.71. The largest absolute Gasteiger partial charge is 0.374 e. The maximum Gasteiger partial charge on any atom is 0.0966 e. The third-order valence-electron chi connectivity index (χ3n) is 4.61. The first-order valence-electron chi connectivity index (χ1n) is 7.63. The zero-order chi connectivity index (χ0) is 14.2. The van der Waals surface area contributed by atoms with Crippen LogP contribution in [0.4, 0.5) is 0 Å². The number of likely N-dealkylation sites (tertiary alicyclic amines) is 1. The van der Waals surface area contributed by atoms with Gasteiger partial charge in [0, 0.05) is 56.9 Å². The van der Waals surface area contributed by atoms with Crippen molar-refractivity contribution in [3.8, 4) is 0 Å². The SMILES string of the molecule is Cn1cc(CN2C[C@H](n3cccn3)[C@@H]3OCCC[C@@H]32)cn1. The molecule has 0 N–H and O–H groups in total. The Bertz CT molecular complexity index is 593. The van der Waals surface area contributed by atoms with E-state index in [1.165, 1.54) is 12.0 Å². The molecule has 4 heterocycles. The molecule has 0 aliphatic carbocycles. The summed E-state index contributed by atoms with van der Waals surface area (Å²) < 4.78 is 10.0. The topological polar surface area (TPSA) is 48.1 Å². The zero-order valence-electron chi connectivity index (χ0n) is 12.3. The third-order valence-corrected chi connectivity index (χ3v) is 4.61. The molecule has 112 valence electrons. The molecule has 2 fully saturated rings. The first-order chi connectivity index (χ1) is 10.3. The van der Waals surface area contributed by atoms with Crippen LogP contribution in [0.5, 0.6) is 0 Å². The molecule has 2 aromatic heterocycles. The molecular weight excluding hydrogens is 266 g/mol. The van der Waals surface area contributed by atoms with Crippen molar-refractivity contribution in [3.05, 3.63) is 36.4 Å². The summed E-state index contributed by atoms with van der Waals surface area (Å²) in [4.78, 5) is 2.53. The van der Waals surface area contributed by atoms with Gasteiger partial charge in [-0.3, -0.25) is 14.3 Å². The summed E-state index contributed by atoms with van der Waals surface area (Å²) in [6.45, 7) is 2.81. The fraction of sp³-hybridized carbons (Fsp3) is 0.600. The highest BCUT2D eigenvalue weighted by Crippen LogP contribution is 2.36. The molecule has 6 nitrogen and oxygen atoms in total. The van der Waals surface area contributed by atoms with E-state index >= 15 is 0 Å². The van der Waals surface area contributed by atoms with Gasteiger partial charge in [0.2, 0.25) is 0 Å². The van der Waals surface area contributed by atoms with Crippen LogP contribution in [0.15, 0.2) is 30.9 Å². The van der Waals surface area contributed by atoms with E-state index in [1.54, 1.807) is 0 Å². The van der Waals surface area contributed by atoms with Gasteiger partial charge in [-0.05, 0) is 18.9 Å². The van der Waals surface area contributed by atoms with Crippen LogP contribution in [-0.4, -0.2) is 49.8 Å². The number of nitrogens with zero attached hydrogens (tertiary/aromatic N) is 5. The van der Waals surface area contributed by atoms with Gasteiger partial charge >= 0.3 is 0 Å². The number of aryl methyl sites for hydroxylation is 1. The molecule has 2 aromatic rings. The Morgan fingerprint density at radius 2 is 2.29 bits per heavy atom. The van der Waals surface area contributed by atoms with E-state index in [9.17, 15) is 0 Å². The molecule has 21 heavy (non-hydrogen) atoms. The smallest absolute Gasteiger partial charge is 0.0966 e. The highest BCUT2D eigenvalue weighted by molar-refractivity contribution is 5.07. The van der Waals surface area contributed by atoms with Gasteiger partial charge < -0.3 is 4.74 Å². The fourth-order valence-electron chi connectivity index (χ4n) is 3.71. The first kappa shape index (κ1) is 13.0. The van der Waals surface area contributed by atoms with Crippen LogP contribution in [0.25, 0.3) is 0 Å². The number of hydrogen-bond acceptors (Lipinski definition) is 4. The highest BCUT2D eigenvalue weighted by Gasteiger charge is 2.45. The van der Waals surface area contributed by atoms with E-state index in [2.05, 4.69) is 26.0 Å². The molecule has 0 spiro atoms. The van der Waals surface area contributed by atoms with Crippen molar-refractivity contribution in [2.24, 2.45) is 7.05 Å². The van der Waals surface area contributed by atoms with Gasteiger partial charge in [-0.2, -0.15) is 10.2 Å². The Morgan fingerprint density at radius 3 is 3.05 bits per heavy atom. The second-order valence-electron chi connectivity index (χ2n) is 6.05. The molecule has 2 saturated heterocycles. The van der Waals surface area contributed by atoms with Crippen LogP contribution >= 0.6 is 0 Å². The van der Waals surface area contributed by atoms with Crippen molar-refractivity contribution < 1.29 is 4.74 Å². The lowest BCUT2D eigenvalue weighted by molar-refractivity contribution is -0.0281. The molecule has 0 bridgehead atoms. The minimum atomic E-state index is 0.260. The molecule has 0 radical (unpaired) electrons. The molecule has 2 aliphatic heterocycles. The maximum atomic E-state index is 6.09.